The van der Waals surface area contributed by atoms with Crippen LogP contribution in [0.5, 0.6) is 0 Å². The molecule has 0 N–H and O–H groups in total. The number of nitro benzene ring substituents is 1. The summed E-state index contributed by atoms with van der Waals surface area (Å²) in [6.45, 7) is 0. The van der Waals surface area contributed by atoms with Crippen LogP contribution < -0.4 is 0 Å². The molecule has 4 heteroatoms. The lowest BCUT2D eigenvalue weighted by atomic mass is 10.1. The van der Waals surface area contributed by atoms with Gasteiger partial charge in [0.15, 0.2) is 0 Å². The van der Waals surface area contributed by atoms with Gasteiger partial charge in [-0.25, -0.2) is 0 Å². The van der Waals surface area contributed by atoms with E-state index in [1.807, 2.05) is 30.3 Å². The van der Waals surface area contributed by atoms with Crippen molar-refractivity contribution >= 4 is 17.8 Å². The maximum Gasteiger partial charge on any atom is 0.311 e. The van der Waals surface area contributed by atoms with Gasteiger partial charge in [0.2, 0.25) is 5.82 Å². The van der Waals surface area contributed by atoms with Crippen molar-refractivity contribution in [3.8, 4) is 0 Å². The molecule has 0 saturated carbocycles. The zero-order valence-electron chi connectivity index (χ0n) is 9.42. The first-order valence-electron chi connectivity index (χ1n) is 5.34. The Morgan fingerprint density at radius 3 is 2.39 bits per heavy atom. The number of nitrogens with zero attached hydrogens (tertiary/aromatic N) is 1. The second kappa shape index (κ2) is 5.23. The first-order chi connectivity index (χ1) is 8.68. The van der Waals surface area contributed by atoms with Gasteiger partial charge >= 0.3 is 5.69 Å². The van der Waals surface area contributed by atoms with Crippen molar-refractivity contribution in [2.24, 2.45) is 0 Å². The first-order valence-corrected chi connectivity index (χ1v) is 5.34. The summed E-state index contributed by atoms with van der Waals surface area (Å²) in [6, 6.07) is 13.4. The molecule has 0 saturated heterocycles. The third-order valence-electron chi connectivity index (χ3n) is 2.46. The number of hydrogen-bond donors (Lipinski definition) is 0. The van der Waals surface area contributed by atoms with Gasteiger partial charge in [0, 0.05) is 0 Å². The Kier molecular flexibility index (Phi) is 3.48. The molecule has 2 aromatic rings. The molecule has 0 spiro atoms. The summed E-state index contributed by atoms with van der Waals surface area (Å²) in [4.78, 5) is 10.1. The molecule has 0 aliphatic heterocycles. The molecule has 0 fully saturated rings. The molecule has 0 aliphatic carbocycles. The molecule has 0 atom stereocenters. The van der Waals surface area contributed by atoms with Gasteiger partial charge in [0.1, 0.15) is 0 Å². The molecule has 0 radical (unpaired) electrons. The van der Waals surface area contributed by atoms with E-state index >= 15 is 0 Å². The number of halogens is 1. The van der Waals surface area contributed by atoms with Crippen molar-refractivity contribution in [3.63, 3.8) is 0 Å². The van der Waals surface area contributed by atoms with Crippen LogP contribution >= 0.6 is 0 Å². The highest BCUT2D eigenvalue weighted by atomic mass is 19.1. The summed E-state index contributed by atoms with van der Waals surface area (Å²) in [6.07, 6.45) is 3.25. The smallest absolute Gasteiger partial charge is 0.258 e. The SMILES string of the molecule is O=[N+]([O-])c1c(F)cccc1C=Cc1ccccc1. The summed E-state index contributed by atoms with van der Waals surface area (Å²) in [5.74, 6) is -0.824. The summed E-state index contributed by atoms with van der Waals surface area (Å²) < 4.78 is 13.4. The monoisotopic (exact) mass is 243 g/mol. The minimum Gasteiger partial charge on any atom is -0.258 e. The number of para-hydroxylation sites is 1. The predicted molar refractivity (Wildman–Crippen MR) is 68.4 cm³/mol. The van der Waals surface area contributed by atoms with E-state index in [0.29, 0.717) is 0 Å². The highest BCUT2D eigenvalue weighted by molar-refractivity contribution is 5.74. The van der Waals surface area contributed by atoms with Gasteiger partial charge in [0.25, 0.3) is 0 Å². The maximum absolute atomic E-state index is 13.4. The molecular formula is C14H10FNO2. The molecule has 0 heterocycles. The number of hydrogen-bond acceptors (Lipinski definition) is 2. The topological polar surface area (TPSA) is 43.1 Å². The van der Waals surface area contributed by atoms with Gasteiger partial charge in [-0.05, 0) is 23.8 Å². The normalized spacial score (nSPS) is 10.7. The third kappa shape index (κ3) is 2.60. The fraction of sp³-hybridized carbons (Fsp3) is 0. The molecule has 2 rings (SSSR count). The van der Waals surface area contributed by atoms with Crippen molar-refractivity contribution in [1.82, 2.24) is 0 Å². The Morgan fingerprint density at radius 2 is 1.72 bits per heavy atom. The van der Waals surface area contributed by atoms with E-state index in [9.17, 15) is 14.5 Å². The van der Waals surface area contributed by atoms with E-state index in [0.717, 1.165) is 11.6 Å². The lowest BCUT2D eigenvalue weighted by molar-refractivity contribution is -0.387. The quantitative estimate of drug-likeness (QED) is 0.466. The minimum atomic E-state index is -0.824. The second-order valence-electron chi connectivity index (χ2n) is 3.68. The zero-order valence-corrected chi connectivity index (χ0v) is 9.42. The summed E-state index contributed by atoms with van der Waals surface area (Å²) >= 11 is 0. The maximum atomic E-state index is 13.4. The number of benzene rings is 2. The molecule has 0 unspecified atom stereocenters. The highest BCUT2D eigenvalue weighted by Gasteiger charge is 2.17. The Balaban J connectivity index is 2.38. The van der Waals surface area contributed by atoms with Gasteiger partial charge in [-0.15, -0.1) is 0 Å². The summed E-state index contributed by atoms with van der Waals surface area (Å²) in [7, 11) is 0. The lowest BCUT2D eigenvalue weighted by Crippen LogP contribution is -1.95. The van der Waals surface area contributed by atoms with Crippen LogP contribution in [0.4, 0.5) is 10.1 Å². The van der Waals surface area contributed by atoms with Crippen LogP contribution in [0.15, 0.2) is 48.5 Å². The largest absolute Gasteiger partial charge is 0.311 e. The standard InChI is InChI=1S/C14H10FNO2/c15-13-8-4-7-12(14(13)16(17)18)10-9-11-5-2-1-3-6-11/h1-10H. The summed E-state index contributed by atoms with van der Waals surface area (Å²) in [5.41, 5.74) is 0.657. The molecule has 0 amide bonds. The Labute approximate surface area is 103 Å². The number of rotatable bonds is 3. The van der Waals surface area contributed by atoms with Crippen molar-refractivity contribution < 1.29 is 9.31 Å². The lowest BCUT2D eigenvalue weighted by Gasteiger charge is -1.98. The van der Waals surface area contributed by atoms with Gasteiger partial charge < -0.3 is 0 Å². The van der Waals surface area contributed by atoms with E-state index in [1.165, 1.54) is 18.2 Å². The van der Waals surface area contributed by atoms with Crippen LogP contribution in [-0.4, -0.2) is 4.92 Å². The minimum absolute atomic E-state index is 0.254. The van der Waals surface area contributed by atoms with Crippen molar-refractivity contribution in [3.05, 3.63) is 75.6 Å². The Morgan fingerprint density at radius 1 is 1.00 bits per heavy atom. The van der Waals surface area contributed by atoms with E-state index in [1.54, 1.807) is 6.08 Å². The molecule has 18 heavy (non-hydrogen) atoms. The van der Waals surface area contributed by atoms with E-state index in [2.05, 4.69) is 0 Å². The second-order valence-corrected chi connectivity index (χ2v) is 3.68. The predicted octanol–water partition coefficient (Wildman–Crippen LogP) is 3.90. The number of nitro groups is 1. The first kappa shape index (κ1) is 12.0. The molecule has 0 bridgehead atoms. The average molecular weight is 243 g/mol. The molecule has 90 valence electrons. The third-order valence-corrected chi connectivity index (χ3v) is 2.46. The van der Waals surface area contributed by atoms with Crippen LogP contribution in [0.1, 0.15) is 11.1 Å². The van der Waals surface area contributed by atoms with E-state index < -0.39 is 16.4 Å². The molecule has 0 aromatic heterocycles. The van der Waals surface area contributed by atoms with Crippen LogP contribution in [0, 0.1) is 15.9 Å². The molecule has 0 aliphatic rings. The fourth-order valence-electron chi connectivity index (χ4n) is 1.61. The van der Waals surface area contributed by atoms with E-state index in [4.69, 9.17) is 0 Å². The van der Waals surface area contributed by atoms with E-state index in [-0.39, 0.29) is 5.56 Å². The highest BCUT2D eigenvalue weighted by Crippen LogP contribution is 2.24. The Bertz CT molecular complexity index is 594. The van der Waals surface area contributed by atoms with Gasteiger partial charge in [-0.3, -0.25) is 10.1 Å². The van der Waals surface area contributed by atoms with Crippen LogP contribution in [-0.2, 0) is 0 Å². The van der Waals surface area contributed by atoms with Crippen LogP contribution in [0.25, 0.3) is 12.2 Å². The van der Waals surface area contributed by atoms with Gasteiger partial charge in [-0.2, -0.15) is 4.39 Å². The fourth-order valence-corrected chi connectivity index (χ4v) is 1.61. The van der Waals surface area contributed by atoms with Gasteiger partial charge in [-0.1, -0.05) is 42.5 Å². The van der Waals surface area contributed by atoms with Gasteiger partial charge in [0.05, 0.1) is 10.5 Å². The van der Waals surface area contributed by atoms with Crippen LogP contribution in [0.2, 0.25) is 0 Å². The van der Waals surface area contributed by atoms with Crippen molar-refractivity contribution in [1.29, 1.82) is 0 Å². The Hall–Kier alpha value is -2.49. The summed E-state index contributed by atoms with van der Waals surface area (Å²) in [5, 5.41) is 10.8. The molecular weight excluding hydrogens is 233 g/mol. The molecule has 3 nitrogen and oxygen atoms in total. The van der Waals surface area contributed by atoms with Crippen molar-refractivity contribution in [2.75, 3.05) is 0 Å². The zero-order chi connectivity index (χ0) is 13.0. The van der Waals surface area contributed by atoms with Crippen molar-refractivity contribution in [2.45, 2.75) is 0 Å². The molecule has 2 aromatic carbocycles. The van der Waals surface area contributed by atoms with Crippen LogP contribution in [0.3, 0.4) is 0 Å². The average Bonchev–Trinajstić information content (AvgIpc) is 2.37.